The van der Waals surface area contributed by atoms with Crippen molar-refractivity contribution in [3.8, 4) is 11.5 Å². The van der Waals surface area contributed by atoms with E-state index in [1.807, 2.05) is 66.7 Å². The number of ether oxygens (including phenoxy) is 3. The SMILES string of the molecule is CCOC(=O)C1=C(C)N=c2s/c(=C/c3ccc(OC)c(OCc4ccc(Cl)cc4)c3)c(=O)n2[C@@H]1c1ccccc1. The lowest BCUT2D eigenvalue weighted by molar-refractivity contribution is -0.139. The minimum absolute atomic E-state index is 0.224. The molecule has 0 radical (unpaired) electrons. The zero-order valence-corrected chi connectivity index (χ0v) is 23.8. The summed E-state index contributed by atoms with van der Waals surface area (Å²) in [7, 11) is 1.58. The molecule has 0 saturated heterocycles. The Kier molecular flexibility index (Phi) is 8.19. The molecular weight excluding hydrogens is 548 g/mol. The number of carbonyl (C=O) groups is 1. The van der Waals surface area contributed by atoms with Crippen LogP contribution in [-0.2, 0) is 16.1 Å². The van der Waals surface area contributed by atoms with Crippen molar-refractivity contribution >= 4 is 35.0 Å². The molecule has 1 atom stereocenters. The largest absolute Gasteiger partial charge is 0.493 e. The maximum atomic E-state index is 13.8. The highest BCUT2D eigenvalue weighted by molar-refractivity contribution is 7.07. The van der Waals surface area contributed by atoms with Crippen LogP contribution in [0.3, 0.4) is 0 Å². The fourth-order valence-corrected chi connectivity index (χ4v) is 5.70. The predicted molar refractivity (Wildman–Crippen MR) is 156 cm³/mol. The molecule has 0 aliphatic carbocycles. The van der Waals surface area contributed by atoms with E-state index in [-0.39, 0.29) is 12.2 Å². The number of thiazole rings is 1. The number of methoxy groups -OCH3 is 1. The molecule has 9 heteroatoms. The van der Waals surface area contributed by atoms with Gasteiger partial charge in [-0.05, 0) is 60.9 Å². The molecule has 5 rings (SSSR count). The first kappa shape index (κ1) is 27.4. The second-order valence-corrected chi connectivity index (χ2v) is 10.5. The van der Waals surface area contributed by atoms with Crippen LogP contribution in [0, 0.1) is 0 Å². The molecule has 1 aromatic heterocycles. The van der Waals surface area contributed by atoms with Gasteiger partial charge in [0.25, 0.3) is 5.56 Å². The molecule has 0 bridgehead atoms. The minimum atomic E-state index is -0.646. The van der Waals surface area contributed by atoms with Crippen LogP contribution in [0.4, 0.5) is 0 Å². The Bertz CT molecular complexity index is 1760. The van der Waals surface area contributed by atoms with E-state index in [0.29, 0.717) is 43.7 Å². The second kappa shape index (κ2) is 11.9. The van der Waals surface area contributed by atoms with Crippen molar-refractivity contribution in [3.05, 3.63) is 125 Å². The van der Waals surface area contributed by atoms with Crippen LogP contribution in [0.2, 0.25) is 5.02 Å². The van der Waals surface area contributed by atoms with Crippen molar-refractivity contribution in [2.45, 2.75) is 26.5 Å². The van der Waals surface area contributed by atoms with Gasteiger partial charge >= 0.3 is 5.97 Å². The van der Waals surface area contributed by atoms with Crippen molar-refractivity contribution in [2.24, 2.45) is 4.99 Å². The maximum Gasteiger partial charge on any atom is 0.338 e. The Morgan fingerprint density at radius 1 is 1.07 bits per heavy atom. The minimum Gasteiger partial charge on any atom is -0.493 e. The van der Waals surface area contributed by atoms with Crippen molar-refractivity contribution in [1.29, 1.82) is 0 Å². The molecule has 2 heterocycles. The number of aromatic nitrogens is 1. The van der Waals surface area contributed by atoms with Gasteiger partial charge in [0.1, 0.15) is 6.61 Å². The zero-order valence-electron chi connectivity index (χ0n) is 22.2. The van der Waals surface area contributed by atoms with Crippen molar-refractivity contribution in [1.82, 2.24) is 4.57 Å². The van der Waals surface area contributed by atoms with E-state index in [4.69, 9.17) is 25.8 Å². The molecule has 0 amide bonds. The topological polar surface area (TPSA) is 79.1 Å². The fourth-order valence-electron chi connectivity index (χ4n) is 4.53. The van der Waals surface area contributed by atoms with Gasteiger partial charge in [0.2, 0.25) is 0 Å². The lowest BCUT2D eigenvalue weighted by Gasteiger charge is -2.24. The molecule has 0 spiro atoms. The number of hydrogen-bond donors (Lipinski definition) is 0. The van der Waals surface area contributed by atoms with Crippen molar-refractivity contribution < 1.29 is 19.0 Å². The van der Waals surface area contributed by atoms with E-state index in [9.17, 15) is 9.59 Å². The molecule has 0 saturated carbocycles. The van der Waals surface area contributed by atoms with Gasteiger partial charge in [0.15, 0.2) is 16.3 Å². The molecule has 0 N–H and O–H groups in total. The number of allylic oxidation sites excluding steroid dienone is 1. The third-order valence-electron chi connectivity index (χ3n) is 6.43. The van der Waals surface area contributed by atoms with Gasteiger partial charge in [0, 0.05) is 5.02 Å². The standard InChI is InChI=1S/C31H27ClN2O5S/c1-4-38-30(36)27-19(2)33-31-34(28(27)22-8-6-5-7-9-22)29(35)26(40-31)17-21-12-15-24(37-3)25(16-21)39-18-20-10-13-23(32)14-11-20/h5-17,28H,4,18H2,1-3H3/b26-17+/t28-/m1/s1. The lowest BCUT2D eigenvalue weighted by Crippen LogP contribution is -2.39. The third-order valence-corrected chi connectivity index (χ3v) is 7.66. The Labute approximate surface area is 240 Å². The van der Waals surface area contributed by atoms with Crippen LogP contribution >= 0.6 is 22.9 Å². The summed E-state index contributed by atoms with van der Waals surface area (Å²) in [5.41, 5.74) is 3.16. The van der Waals surface area contributed by atoms with E-state index >= 15 is 0 Å². The Morgan fingerprint density at radius 2 is 1.82 bits per heavy atom. The fraction of sp³-hybridized carbons (Fsp3) is 0.194. The Morgan fingerprint density at radius 3 is 2.52 bits per heavy atom. The normalized spacial score (nSPS) is 14.9. The summed E-state index contributed by atoms with van der Waals surface area (Å²) in [5.74, 6) is 0.637. The molecule has 204 valence electrons. The summed E-state index contributed by atoms with van der Waals surface area (Å²) in [6, 6.07) is 21.7. The summed E-state index contributed by atoms with van der Waals surface area (Å²) >= 11 is 7.26. The number of fused-ring (bicyclic) bond motifs is 1. The molecule has 40 heavy (non-hydrogen) atoms. The molecule has 0 unspecified atom stereocenters. The van der Waals surface area contributed by atoms with Gasteiger partial charge in [0.05, 0.1) is 35.6 Å². The number of nitrogens with zero attached hydrogens (tertiary/aromatic N) is 2. The summed E-state index contributed by atoms with van der Waals surface area (Å²) in [6.07, 6.45) is 1.80. The van der Waals surface area contributed by atoms with E-state index in [1.165, 1.54) is 11.3 Å². The Hall–Kier alpha value is -4.14. The number of benzene rings is 3. The zero-order chi connectivity index (χ0) is 28.2. The highest BCUT2D eigenvalue weighted by atomic mass is 35.5. The molecule has 0 fully saturated rings. The monoisotopic (exact) mass is 574 g/mol. The van der Waals surface area contributed by atoms with Gasteiger partial charge in [-0.25, -0.2) is 9.79 Å². The summed E-state index contributed by atoms with van der Waals surface area (Å²) in [4.78, 5) is 32.0. The first-order chi connectivity index (χ1) is 19.4. The maximum absolute atomic E-state index is 13.8. The highest BCUT2D eigenvalue weighted by Gasteiger charge is 2.33. The molecule has 4 aromatic rings. The predicted octanol–water partition coefficient (Wildman–Crippen LogP) is 5.04. The van der Waals surface area contributed by atoms with Gasteiger partial charge in [-0.1, -0.05) is 71.5 Å². The van der Waals surface area contributed by atoms with Gasteiger partial charge < -0.3 is 14.2 Å². The smallest absolute Gasteiger partial charge is 0.338 e. The van der Waals surface area contributed by atoms with Crippen molar-refractivity contribution in [3.63, 3.8) is 0 Å². The number of carbonyl (C=O) groups excluding carboxylic acids is 1. The molecular formula is C31H27ClN2O5S. The van der Waals surface area contributed by atoms with Crippen LogP contribution in [0.25, 0.3) is 6.08 Å². The molecule has 3 aromatic carbocycles. The molecule has 1 aliphatic rings. The second-order valence-electron chi connectivity index (χ2n) is 9.04. The number of hydrogen-bond acceptors (Lipinski definition) is 7. The van der Waals surface area contributed by atoms with Gasteiger partial charge in [-0.3, -0.25) is 9.36 Å². The van der Waals surface area contributed by atoms with Crippen LogP contribution in [0.15, 0.2) is 93.9 Å². The average molecular weight is 575 g/mol. The highest BCUT2D eigenvalue weighted by Crippen LogP contribution is 2.31. The summed E-state index contributed by atoms with van der Waals surface area (Å²) < 4.78 is 18.9. The third kappa shape index (κ3) is 5.59. The number of esters is 1. The summed E-state index contributed by atoms with van der Waals surface area (Å²) in [5, 5.41) is 0.656. The quantitative estimate of drug-likeness (QED) is 0.276. The van der Waals surface area contributed by atoms with E-state index in [1.54, 1.807) is 37.7 Å². The van der Waals surface area contributed by atoms with Gasteiger partial charge in [-0.15, -0.1) is 0 Å². The van der Waals surface area contributed by atoms with E-state index in [2.05, 4.69) is 4.99 Å². The van der Waals surface area contributed by atoms with Crippen LogP contribution in [0.1, 0.15) is 36.6 Å². The first-order valence-corrected chi connectivity index (χ1v) is 13.9. The lowest BCUT2D eigenvalue weighted by atomic mass is 9.96. The first-order valence-electron chi connectivity index (χ1n) is 12.7. The number of halogens is 1. The Balaban J connectivity index is 1.56. The van der Waals surface area contributed by atoms with E-state index in [0.717, 1.165) is 16.7 Å². The average Bonchev–Trinajstić information content (AvgIpc) is 3.26. The van der Waals surface area contributed by atoms with Crippen LogP contribution in [-0.4, -0.2) is 24.3 Å². The number of rotatable bonds is 8. The van der Waals surface area contributed by atoms with Gasteiger partial charge in [-0.2, -0.15) is 0 Å². The molecule has 1 aliphatic heterocycles. The van der Waals surface area contributed by atoms with Crippen LogP contribution < -0.4 is 24.4 Å². The van der Waals surface area contributed by atoms with Crippen molar-refractivity contribution in [2.75, 3.05) is 13.7 Å². The van der Waals surface area contributed by atoms with Crippen LogP contribution in [0.5, 0.6) is 11.5 Å². The molecule has 7 nitrogen and oxygen atoms in total. The summed E-state index contributed by atoms with van der Waals surface area (Å²) in [6.45, 7) is 4.07. The van der Waals surface area contributed by atoms with E-state index < -0.39 is 12.0 Å².